The molecule has 0 saturated heterocycles. The highest BCUT2D eigenvalue weighted by atomic mass is 14.9. The summed E-state index contributed by atoms with van der Waals surface area (Å²) >= 11 is 0. The van der Waals surface area contributed by atoms with Gasteiger partial charge in [-0.2, -0.15) is 0 Å². The Kier molecular flexibility index (Phi) is 2.84. The Morgan fingerprint density at radius 1 is 1.18 bits per heavy atom. The summed E-state index contributed by atoms with van der Waals surface area (Å²) in [6.07, 6.45) is 7.88. The Labute approximate surface area is 101 Å². The van der Waals surface area contributed by atoms with Gasteiger partial charge in [0.05, 0.1) is 11.9 Å². The SMILES string of the molecule is c1ccc(-c2cnccn2)c(CNC2CC2)c1. The highest BCUT2D eigenvalue weighted by Gasteiger charge is 2.20. The summed E-state index contributed by atoms with van der Waals surface area (Å²) in [6, 6.07) is 9.10. The molecule has 1 fully saturated rings. The molecule has 1 heterocycles. The maximum atomic E-state index is 4.36. The largest absolute Gasteiger partial charge is 0.310 e. The maximum Gasteiger partial charge on any atom is 0.0888 e. The molecule has 1 aliphatic rings. The molecule has 0 aliphatic heterocycles. The zero-order valence-electron chi connectivity index (χ0n) is 9.63. The van der Waals surface area contributed by atoms with Crippen LogP contribution >= 0.6 is 0 Å². The second-order valence-corrected chi connectivity index (χ2v) is 4.40. The minimum absolute atomic E-state index is 0.727. The van der Waals surface area contributed by atoms with Crippen LogP contribution in [0.1, 0.15) is 18.4 Å². The molecule has 1 N–H and O–H groups in total. The van der Waals surface area contributed by atoms with Gasteiger partial charge in [0.2, 0.25) is 0 Å². The van der Waals surface area contributed by atoms with E-state index in [1.165, 1.54) is 24.0 Å². The van der Waals surface area contributed by atoms with Gasteiger partial charge in [0.15, 0.2) is 0 Å². The number of hydrogen-bond donors (Lipinski definition) is 1. The normalized spacial score (nSPS) is 14.8. The molecule has 1 aromatic heterocycles. The van der Waals surface area contributed by atoms with Crippen molar-refractivity contribution in [1.82, 2.24) is 15.3 Å². The van der Waals surface area contributed by atoms with Crippen LogP contribution in [0.25, 0.3) is 11.3 Å². The van der Waals surface area contributed by atoms with Gasteiger partial charge in [0.1, 0.15) is 0 Å². The fourth-order valence-electron chi connectivity index (χ4n) is 1.90. The smallest absolute Gasteiger partial charge is 0.0888 e. The van der Waals surface area contributed by atoms with Crippen LogP contribution in [0, 0.1) is 0 Å². The van der Waals surface area contributed by atoms with E-state index in [1.807, 2.05) is 12.3 Å². The zero-order valence-corrected chi connectivity index (χ0v) is 9.63. The van der Waals surface area contributed by atoms with Crippen molar-refractivity contribution in [1.29, 1.82) is 0 Å². The van der Waals surface area contributed by atoms with Gasteiger partial charge in [-0.15, -0.1) is 0 Å². The van der Waals surface area contributed by atoms with Crippen molar-refractivity contribution in [2.24, 2.45) is 0 Å². The lowest BCUT2D eigenvalue weighted by molar-refractivity contribution is 0.688. The van der Waals surface area contributed by atoms with Crippen LogP contribution in [-0.2, 0) is 6.54 Å². The standard InChI is InChI=1S/C14H15N3/c1-2-4-13(14-10-15-7-8-16-14)11(3-1)9-17-12-5-6-12/h1-4,7-8,10,12,17H,5-6,9H2. The molecule has 0 bridgehead atoms. The van der Waals surface area contributed by atoms with Crippen LogP contribution in [0.4, 0.5) is 0 Å². The van der Waals surface area contributed by atoms with Crippen LogP contribution in [0.5, 0.6) is 0 Å². The van der Waals surface area contributed by atoms with Crippen LogP contribution in [0.15, 0.2) is 42.9 Å². The Bertz CT molecular complexity index is 492. The molecule has 1 aliphatic carbocycles. The second-order valence-electron chi connectivity index (χ2n) is 4.40. The van der Waals surface area contributed by atoms with Gasteiger partial charge < -0.3 is 5.32 Å². The van der Waals surface area contributed by atoms with Gasteiger partial charge in [0.25, 0.3) is 0 Å². The van der Waals surface area contributed by atoms with Crippen molar-refractivity contribution in [2.45, 2.75) is 25.4 Å². The van der Waals surface area contributed by atoms with Crippen LogP contribution in [-0.4, -0.2) is 16.0 Å². The number of benzene rings is 1. The molecule has 0 unspecified atom stereocenters. The third-order valence-corrected chi connectivity index (χ3v) is 3.02. The first-order valence-corrected chi connectivity index (χ1v) is 6.01. The molecular weight excluding hydrogens is 210 g/mol. The van der Waals surface area contributed by atoms with Crippen molar-refractivity contribution in [3.05, 3.63) is 48.4 Å². The van der Waals surface area contributed by atoms with E-state index in [2.05, 4.69) is 33.5 Å². The van der Waals surface area contributed by atoms with Gasteiger partial charge in [-0.25, -0.2) is 0 Å². The topological polar surface area (TPSA) is 37.8 Å². The van der Waals surface area contributed by atoms with Crippen molar-refractivity contribution >= 4 is 0 Å². The van der Waals surface area contributed by atoms with Crippen molar-refractivity contribution in [3.8, 4) is 11.3 Å². The molecule has 0 radical (unpaired) electrons. The van der Waals surface area contributed by atoms with Crippen LogP contribution in [0.3, 0.4) is 0 Å². The molecule has 2 aromatic rings. The maximum absolute atomic E-state index is 4.36. The lowest BCUT2D eigenvalue weighted by Crippen LogP contribution is -2.15. The Morgan fingerprint density at radius 3 is 2.82 bits per heavy atom. The first-order chi connectivity index (χ1) is 8.43. The lowest BCUT2D eigenvalue weighted by atomic mass is 10.0. The summed E-state index contributed by atoms with van der Waals surface area (Å²) < 4.78 is 0. The summed E-state index contributed by atoms with van der Waals surface area (Å²) in [6.45, 7) is 0.914. The molecule has 1 aromatic carbocycles. The quantitative estimate of drug-likeness (QED) is 0.868. The highest BCUT2D eigenvalue weighted by molar-refractivity contribution is 5.62. The highest BCUT2D eigenvalue weighted by Crippen LogP contribution is 2.23. The molecule has 0 amide bonds. The minimum atomic E-state index is 0.727. The van der Waals surface area contributed by atoms with E-state index >= 15 is 0 Å². The van der Waals surface area contributed by atoms with Crippen LogP contribution < -0.4 is 5.32 Å². The minimum Gasteiger partial charge on any atom is -0.310 e. The summed E-state index contributed by atoms with van der Waals surface area (Å²) in [5, 5.41) is 3.53. The van der Waals surface area contributed by atoms with Gasteiger partial charge in [0, 0.05) is 30.5 Å². The summed E-state index contributed by atoms with van der Waals surface area (Å²) in [5.74, 6) is 0. The Morgan fingerprint density at radius 2 is 2.06 bits per heavy atom. The number of nitrogens with zero attached hydrogens (tertiary/aromatic N) is 2. The van der Waals surface area contributed by atoms with E-state index in [0.29, 0.717) is 0 Å². The molecule has 1 saturated carbocycles. The summed E-state index contributed by atoms with van der Waals surface area (Å²) in [7, 11) is 0. The van der Waals surface area contributed by atoms with Crippen molar-refractivity contribution < 1.29 is 0 Å². The summed E-state index contributed by atoms with van der Waals surface area (Å²) in [4.78, 5) is 8.49. The van der Waals surface area contributed by atoms with Gasteiger partial charge in [-0.1, -0.05) is 24.3 Å². The number of hydrogen-bond acceptors (Lipinski definition) is 3. The first-order valence-electron chi connectivity index (χ1n) is 6.01. The first kappa shape index (κ1) is 10.4. The monoisotopic (exact) mass is 225 g/mol. The van der Waals surface area contributed by atoms with E-state index in [4.69, 9.17) is 0 Å². The van der Waals surface area contributed by atoms with Gasteiger partial charge in [-0.3, -0.25) is 9.97 Å². The average molecular weight is 225 g/mol. The molecule has 3 heteroatoms. The molecule has 17 heavy (non-hydrogen) atoms. The van der Waals surface area contributed by atoms with E-state index in [1.54, 1.807) is 12.4 Å². The fraction of sp³-hybridized carbons (Fsp3) is 0.286. The predicted molar refractivity (Wildman–Crippen MR) is 67.3 cm³/mol. The molecular formula is C14H15N3. The van der Waals surface area contributed by atoms with E-state index in [0.717, 1.165) is 18.3 Å². The van der Waals surface area contributed by atoms with Gasteiger partial charge >= 0.3 is 0 Å². The fourth-order valence-corrected chi connectivity index (χ4v) is 1.90. The molecule has 3 nitrogen and oxygen atoms in total. The second kappa shape index (κ2) is 4.63. The van der Waals surface area contributed by atoms with E-state index in [-0.39, 0.29) is 0 Å². The van der Waals surface area contributed by atoms with E-state index < -0.39 is 0 Å². The molecule has 0 spiro atoms. The number of nitrogens with one attached hydrogen (secondary N) is 1. The van der Waals surface area contributed by atoms with E-state index in [9.17, 15) is 0 Å². The lowest BCUT2D eigenvalue weighted by Gasteiger charge is -2.09. The summed E-state index contributed by atoms with van der Waals surface area (Å²) in [5.41, 5.74) is 3.41. The van der Waals surface area contributed by atoms with Crippen molar-refractivity contribution in [3.63, 3.8) is 0 Å². The third-order valence-electron chi connectivity index (χ3n) is 3.02. The molecule has 0 atom stereocenters. The average Bonchev–Trinajstić information content (AvgIpc) is 3.22. The van der Waals surface area contributed by atoms with Crippen molar-refractivity contribution in [2.75, 3.05) is 0 Å². The number of aromatic nitrogens is 2. The molecule has 3 rings (SSSR count). The molecule has 86 valence electrons. The zero-order chi connectivity index (χ0) is 11.5. The Hall–Kier alpha value is -1.74. The van der Waals surface area contributed by atoms with Gasteiger partial charge in [-0.05, 0) is 18.4 Å². The number of rotatable bonds is 4. The Balaban J connectivity index is 1.87. The van der Waals surface area contributed by atoms with Crippen LogP contribution in [0.2, 0.25) is 0 Å². The third kappa shape index (κ3) is 2.50. The predicted octanol–water partition coefficient (Wildman–Crippen LogP) is 2.40.